The summed E-state index contributed by atoms with van der Waals surface area (Å²) >= 11 is 0. The number of alkyl halides is 3. The van der Waals surface area contributed by atoms with Gasteiger partial charge in [0.25, 0.3) is 0 Å². The number of aromatic hydroxyl groups is 1. The van der Waals surface area contributed by atoms with Crippen LogP contribution in [-0.4, -0.2) is 70.3 Å². The number of Topliss-reactive ketones (excluding diaryl/α,β-unsaturated/α-hetero) is 3. The van der Waals surface area contributed by atoms with Gasteiger partial charge in [-0.25, -0.2) is 0 Å². The predicted molar refractivity (Wildman–Crippen MR) is 129 cm³/mol. The fraction of sp³-hybridized carbons (Fsp3) is 0.560. The molecule has 12 nitrogen and oxygen atoms in total. The van der Waals surface area contributed by atoms with Gasteiger partial charge in [0.15, 0.2) is 23.0 Å². The number of amides is 1. The number of rotatable bonds is 2. The van der Waals surface area contributed by atoms with Crippen LogP contribution in [0.5, 0.6) is 11.5 Å². The van der Waals surface area contributed by atoms with Gasteiger partial charge in [-0.1, -0.05) is 0 Å². The van der Waals surface area contributed by atoms with Crippen LogP contribution < -0.4 is 26.8 Å². The van der Waals surface area contributed by atoms with Crippen LogP contribution in [0.15, 0.2) is 0 Å². The largest absolute Gasteiger partial charge is 0.573 e. The topological polar surface area (TPSA) is 218 Å². The average Bonchev–Trinajstić information content (AvgIpc) is 3.35. The van der Waals surface area contributed by atoms with Crippen molar-refractivity contribution in [2.24, 2.45) is 41.1 Å². The number of carbonyl (C=O) groups is 4. The van der Waals surface area contributed by atoms with Crippen molar-refractivity contribution in [3.63, 3.8) is 0 Å². The van der Waals surface area contributed by atoms with Crippen molar-refractivity contribution in [2.45, 2.75) is 43.3 Å². The first-order valence-corrected chi connectivity index (χ1v) is 12.8. The van der Waals surface area contributed by atoms with E-state index in [1.54, 1.807) is 0 Å². The number of ketones is 3. The Morgan fingerprint density at radius 1 is 1.20 bits per heavy atom. The van der Waals surface area contributed by atoms with Crippen LogP contribution in [0.3, 0.4) is 0 Å². The molecule has 2 heterocycles. The van der Waals surface area contributed by atoms with Crippen molar-refractivity contribution in [2.75, 3.05) is 18.4 Å². The number of phenols is 1. The number of hydrogen-bond donors (Lipinski definition) is 7. The molecule has 1 saturated heterocycles. The number of fused-ring (bicyclic) bond motifs is 6. The van der Waals surface area contributed by atoms with Gasteiger partial charge in [-0.2, -0.15) is 0 Å². The van der Waals surface area contributed by atoms with E-state index in [2.05, 4.69) is 15.4 Å². The quantitative estimate of drug-likeness (QED) is 0.183. The van der Waals surface area contributed by atoms with Crippen LogP contribution in [0.1, 0.15) is 40.4 Å². The molecule has 1 aromatic carbocycles. The molecule has 5 aliphatic rings. The number of nitrogens with one attached hydrogen (secondary N) is 3. The van der Waals surface area contributed by atoms with Gasteiger partial charge in [0.1, 0.15) is 17.4 Å². The summed E-state index contributed by atoms with van der Waals surface area (Å²) in [6.07, 6.45) is -5.14. The second-order valence-electron chi connectivity index (χ2n) is 11.2. The molecule has 0 bridgehead atoms. The predicted octanol–water partition coefficient (Wildman–Crippen LogP) is -0.311. The Morgan fingerprint density at radius 2 is 1.90 bits per heavy atom. The molecule has 0 spiro atoms. The summed E-state index contributed by atoms with van der Waals surface area (Å²) in [5.74, 6) is -12.1. The Kier molecular flexibility index (Phi) is 5.64. The minimum Gasteiger partial charge on any atom is -0.505 e. The maximum atomic E-state index is 13.9. The van der Waals surface area contributed by atoms with Crippen molar-refractivity contribution in [1.29, 1.82) is 5.41 Å². The maximum Gasteiger partial charge on any atom is 0.573 e. The van der Waals surface area contributed by atoms with E-state index in [-0.39, 0.29) is 35.6 Å². The number of phenolic OH excluding ortho intramolecular Hbond substituents is 1. The number of hydrogen-bond acceptors (Lipinski definition) is 11. The van der Waals surface area contributed by atoms with Crippen molar-refractivity contribution >= 4 is 34.7 Å². The lowest BCUT2D eigenvalue weighted by Crippen LogP contribution is -2.73. The van der Waals surface area contributed by atoms with Crippen molar-refractivity contribution in [3.8, 4) is 11.5 Å². The lowest BCUT2D eigenvalue weighted by molar-refractivity contribution is -0.275. The molecule has 0 radical (unpaired) electrons. The molecule has 3 fully saturated rings. The minimum absolute atomic E-state index is 0.0304. The first kappa shape index (κ1) is 26.7. The molecule has 9 N–H and O–H groups in total. The van der Waals surface area contributed by atoms with E-state index in [9.17, 15) is 42.6 Å². The summed E-state index contributed by atoms with van der Waals surface area (Å²) in [7, 11) is 0. The number of halogens is 3. The van der Waals surface area contributed by atoms with Crippen molar-refractivity contribution in [1.82, 2.24) is 5.32 Å². The molecule has 2 saturated carbocycles. The van der Waals surface area contributed by atoms with Crippen LogP contribution in [0, 0.1) is 35.0 Å². The molecule has 40 heavy (non-hydrogen) atoms. The summed E-state index contributed by atoms with van der Waals surface area (Å²) in [6, 6.07) is -2.19. The lowest BCUT2D eigenvalue weighted by atomic mass is 9.52. The van der Waals surface area contributed by atoms with Gasteiger partial charge in [-0.15, -0.1) is 13.2 Å². The SMILES string of the molecule is N=C1C(C(N)=O)C(=O)C(N)C2CC3Cc4c(OC(F)(F)F)c5c(c(O)c4C(=O)C3C(=O)C12O)NCC1CCNC51. The molecule has 1 amide bonds. The molecule has 214 valence electrons. The van der Waals surface area contributed by atoms with Gasteiger partial charge in [-0.05, 0) is 37.6 Å². The third-order valence-corrected chi connectivity index (χ3v) is 9.23. The summed E-state index contributed by atoms with van der Waals surface area (Å²) < 4.78 is 45.6. The first-order chi connectivity index (χ1) is 18.7. The number of benzene rings is 1. The normalized spacial score (nSPS) is 36.6. The van der Waals surface area contributed by atoms with E-state index in [0.717, 1.165) is 0 Å². The Balaban J connectivity index is 1.52. The molecule has 8 unspecified atom stereocenters. The number of aliphatic hydroxyl groups is 1. The zero-order valence-electron chi connectivity index (χ0n) is 20.8. The van der Waals surface area contributed by atoms with Gasteiger partial charge in [0, 0.05) is 29.6 Å². The second-order valence-corrected chi connectivity index (χ2v) is 11.2. The molecule has 0 aromatic heterocycles. The molecule has 2 aliphatic heterocycles. The summed E-state index contributed by atoms with van der Waals surface area (Å²) in [5.41, 5.74) is 6.63. The van der Waals surface area contributed by atoms with E-state index < -0.39 is 93.7 Å². The molecular weight excluding hydrogens is 539 g/mol. The van der Waals surface area contributed by atoms with Gasteiger partial charge < -0.3 is 42.5 Å². The van der Waals surface area contributed by atoms with Gasteiger partial charge in [0.2, 0.25) is 5.91 Å². The summed E-state index contributed by atoms with van der Waals surface area (Å²) in [4.78, 5) is 52.4. The molecule has 1 aromatic rings. The van der Waals surface area contributed by atoms with Gasteiger partial charge >= 0.3 is 6.36 Å². The first-order valence-electron chi connectivity index (χ1n) is 12.8. The molecule has 15 heteroatoms. The van der Waals surface area contributed by atoms with E-state index in [0.29, 0.717) is 19.5 Å². The molecular formula is C25H26F3N5O7. The van der Waals surface area contributed by atoms with Crippen LogP contribution in [0.4, 0.5) is 18.9 Å². The number of primary amides is 1. The third kappa shape index (κ3) is 3.40. The number of ether oxygens (including phenoxy) is 1. The smallest absolute Gasteiger partial charge is 0.505 e. The summed E-state index contributed by atoms with van der Waals surface area (Å²) in [5, 5.41) is 37.1. The second kappa shape index (κ2) is 8.47. The van der Waals surface area contributed by atoms with Crippen LogP contribution in [-0.2, 0) is 20.8 Å². The van der Waals surface area contributed by atoms with E-state index in [1.807, 2.05) is 0 Å². The van der Waals surface area contributed by atoms with Crippen LogP contribution in [0.25, 0.3) is 0 Å². The Morgan fingerprint density at radius 3 is 2.55 bits per heavy atom. The van der Waals surface area contributed by atoms with E-state index in [1.165, 1.54) is 0 Å². The Bertz CT molecular complexity index is 1410. The van der Waals surface area contributed by atoms with Crippen molar-refractivity contribution in [3.05, 3.63) is 16.7 Å². The molecule has 8 atom stereocenters. The molecule has 6 rings (SSSR count). The van der Waals surface area contributed by atoms with Gasteiger partial charge in [0.05, 0.1) is 28.9 Å². The lowest BCUT2D eigenvalue weighted by Gasteiger charge is -2.52. The van der Waals surface area contributed by atoms with Crippen LogP contribution in [0.2, 0.25) is 0 Å². The highest BCUT2D eigenvalue weighted by atomic mass is 19.4. The number of anilines is 1. The fourth-order valence-electron chi connectivity index (χ4n) is 7.49. The fourth-order valence-corrected chi connectivity index (χ4v) is 7.49. The number of nitrogens with two attached hydrogens (primary N) is 2. The van der Waals surface area contributed by atoms with Crippen molar-refractivity contribution < 1.29 is 47.3 Å². The zero-order chi connectivity index (χ0) is 29.0. The Labute approximate surface area is 224 Å². The average molecular weight is 566 g/mol. The zero-order valence-corrected chi connectivity index (χ0v) is 20.8. The third-order valence-electron chi connectivity index (χ3n) is 9.23. The van der Waals surface area contributed by atoms with E-state index >= 15 is 0 Å². The standard InChI is InChI=1S/C25H26F3N5O7/c26-25(27,28)40-20-8-3-7-4-9-14(29)18(35)13(23(31)38)21(30)24(9,39)22(37)10(7)17(34)11(8)19(36)16-12(20)15-6(5-33-16)1-2-32-15/h6-7,9-10,13-15,30,32-33,36,39H,1-5,29H2,(H2,31,38). The summed E-state index contributed by atoms with van der Waals surface area (Å²) in [6.45, 7) is 0.822. The highest BCUT2D eigenvalue weighted by Gasteiger charge is 2.67. The highest BCUT2D eigenvalue weighted by Crippen LogP contribution is 2.57. The maximum absolute atomic E-state index is 13.9. The molecule has 3 aliphatic carbocycles. The highest BCUT2D eigenvalue weighted by molar-refractivity contribution is 6.33. The Hall–Kier alpha value is -3.56. The van der Waals surface area contributed by atoms with Gasteiger partial charge in [-0.3, -0.25) is 19.2 Å². The van der Waals surface area contributed by atoms with Crippen LogP contribution >= 0.6 is 0 Å². The number of carbonyl (C=O) groups excluding carboxylic acids is 4. The minimum atomic E-state index is -5.15. The van der Waals surface area contributed by atoms with E-state index in [4.69, 9.17) is 16.9 Å². The monoisotopic (exact) mass is 565 g/mol.